The predicted octanol–water partition coefficient (Wildman–Crippen LogP) is 4.19. The predicted molar refractivity (Wildman–Crippen MR) is 123 cm³/mol. The third kappa shape index (κ3) is 6.06. The number of carbonyl (C=O) groups is 1. The zero-order chi connectivity index (χ0) is 22.3. The highest BCUT2D eigenvalue weighted by Crippen LogP contribution is 2.31. The number of anilines is 1. The van der Waals surface area contributed by atoms with Gasteiger partial charge in [0.15, 0.2) is 0 Å². The number of carboxylic acids is 1. The molecule has 1 aliphatic carbocycles. The summed E-state index contributed by atoms with van der Waals surface area (Å²) < 4.78 is 5.51. The fourth-order valence-electron chi connectivity index (χ4n) is 4.91. The van der Waals surface area contributed by atoms with Gasteiger partial charge in [0.1, 0.15) is 5.82 Å². The summed E-state index contributed by atoms with van der Waals surface area (Å²) in [7, 11) is 2.13. The molecule has 174 valence electrons. The summed E-state index contributed by atoms with van der Waals surface area (Å²) in [5, 5.41) is 13.5. The van der Waals surface area contributed by atoms with Gasteiger partial charge in [-0.05, 0) is 31.5 Å². The van der Waals surface area contributed by atoms with Crippen LogP contribution in [0.4, 0.5) is 5.82 Å². The van der Waals surface area contributed by atoms with Crippen molar-refractivity contribution in [3.05, 3.63) is 24.2 Å². The second-order valence-electron chi connectivity index (χ2n) is 9.38. The first kappa shape index (κ1) is 22.7. The molecule has 1 atom stereocenters. The minimum absolute atomic E-state index is 0.0207. The van der Waals surface area contributed by atoms with Gasteiger partial charge in [-0.25, -0.2) is 4.98 Å². The first-order valence-electron chi connectivity index (χ1n) is 12.0. The van der Waals surface area contributed by atoms with E-state index >= 15 is 0 Å². The maximum absolute atomic E-state index is 11.4. The molecule has 1 N–H and O–H groups in total. The zero-order valence-electron chi connectivity index (χ0n) is 19.1. The van der Waals surface area contributed by atoms with E-state index in [2.05, 4.69) is 32.0 Å². The number of piperazine rings is 1. The summed E-state index contributed by atoms with van der Waals surface area (Å²) in [6, 6.07) is 3.96. The SMILES string of the molecule is CN1CCN(c2ccc(-c3noc([C@H](CCCC4CCCCC4)CC(=O)O)n3)cn2)CC1. The van der Waals surface area contributed by atoms with Crippen LogP contribution in [0.15, 0.2) is 22.9 Å². The average Bonchev–Trinajstić information content (AvgIpc) is 3.30. The number of aromatic nitrogens is 3. The van der Waals surface area contributed by atoms with Gasteiger partial charge in [0.2, 0.25) is 11.7 Å². The van der Waals surface area contributed by atoms with Crippen LogP contribution in [0.3, 0.4) is 0 Å². The van der Waals surface area contributed by atoms with Crippen molar-refractivity contribution in [2.45, 2.75) is 63.7 Å². The Morgan fingerprint density at radius 3 is 2.66 bits per heavy atom. The Balaban J connectivity index is 1.37. The van der Waals surface area contributed by atoms with Crippen LogP contribution in [-0.2, 0) is 4.79 Å². The molecule has 2 aromatic heterocycles. The van der Waals surface area contributed by atoms with Gasteiger partial charge in [-0.3, -0.25) is 4.79 Å². The number of carboxylic acid groups (broad SMARTS) is 1. The monoisotopic (exact) mass is 441 g/mol. The lowest BCUT2D eigenvalue weighted by molar-refractivity contribution is -0.137. The lowest BCUT2D eigenvalue weighted by atomic mass is 9.84. The Hall–Kier alpha value is -2.48. The second-order valence-corrected chi connectivity index (χ2v) is 9.38. The van der Waals surface area contributed by atoms with Crippen LogP contribution in [0.1, 0.15) is 69.6 Å². The van der Waals surface area contributed by atoms with Crippen molar-refractivity contribution in [2.24, 2.45) is 5.92 Å². The molecule has 2 aromatic rings. The molecule has 0 spiro atoms. The van der Waals surface area contributed by atoms with Crippen molar-refractivity contribution in [1.82, 2.24) is 20.0 Å². The Morgan fingerprint density at radius 2 is 1.97 bits per heavy atom. The molecule has 2 aliphatic rings. The quantitative estimate of drug-likeness (QED) is 0.619. The maximum Gasteiger partial charge on any atom is 0.304 e. The molecule has 0 aromatic carbocycles. The minimum atomic E-state index is -0.828. The van der Waals surface area contributed by atoms with Gasteiger partial charge in [0.05, 0.1) is 6.42 Å². The highest BCUT2D eigenvalue weighted by Gasteiger charge is 2.24. The van der Waals surface area contributed by atoms with Crippen LogP contribution in [0.25, 0.3) is 11.4 Å². The van der Waals surface area contributed by atoms with E-state index in [1.165, 1.54) is 32.1 Å². The number of nitrogens with zero attached hydrogens (tertiary/aromatic N) is 5. The molecule has 8 nitrogen and oxygen atoms in total. The van der Waals surface area contributed by atoms with E-state index in [0.29, 0.717) is 11.7 Å². The van der Waals surface area contributed by atoms with Crippen LogP contribution in [0.5, 0.6) is 0 Å². The van der Waals surface area contributed by atoms with Crippen LogP contribution in [-0.4, -0.2) is 64.3 Å². The molecule has 1 aliphatic heterocycles. The largest absolute Gasteiger partial charge is 0.481 e. The van der Waals surface area contributed by atoms with Gasteiger partial charge >= 0.3 is 5.97 Å². The summed E-state index contributed by atoms with van der Waals surface area (Å²) in [6.45, 7) is 3.99. The molecular weight excluding hydrogens is 406 g/mol. The van der Waals surface area contributed by atoms with Gasteiger partial charge in [0.25, 0.3) is 0 Å². The van der Waals surface area contributed by atoms with Crippen molar-refractivity contribution < 1.29 is 14.4 Å². The second kappa shape index (κ2) is 10.9. The fourth-order valence-corrected chi connectivity index (χ4v) is 4.91. The van der Waals surface area contributed by atoms with Gasteiger partial charge < -0.3 is 19.4 Å². The zero-order valence-corrected chi connectivity index (χ0v) is 19.1. The summed E-state index contributed by atoms with van der Waals surface area (Å²) in [5.41, 5.74) is 0.786. The number of likely N-dealkylation sites (N-methyl/N-ethyl adjacent to an activating group) is 1. The van der Waals surface area contributed by atoms with Crippen molar-refractivity contribution in [2.75, 3.05) is 38.1 Å². The highest BCUT2D eigenvalue weighted by atomic mass is 16.5. The summed E-state index contributed by atoms with van der Waals surface area (Å²) in [5.74, 6) is 1.57. The average molecular weight is 442 g/mol. The summed E-state index contributed by atoms with van der Waals surface area (Å²) >= 11 is 0. The third-order valence-corrected chi connectivity index (χ3v) is 6.94. The van der Waals surface area contributed by atoms with E-state index in [9.17, 15) is 9.90 Å². The van der Waals surface area contributed by atoms with Gasteiger partial charge in [-0.1, -0.05) is 50.1 Å². The molecule has 8 heteroatoms. The number of aliphatic carboxylic acids is 1. The topological polar surface area (TPSA) is 95.6 Å². The molecule has 0 radical (unpaired) electrons. The van der Waals surface area contributed by atoms with Crippen LogP contribution in [0, 0.1) is 5.92 Å². The molecule has 4 rings (SSSR count). The number of hydrogen-bond acceptors (Lipinski definition) is 7. The number of hydrogen-bond donors (Lipinski definition) is 1. The molecular formula is C24H35N5O3. The van der Waals surface area contributed by atoms with Crippen molar-refractivity contribution >= 4 is 11.8 Å². The molecule has 0 bridgehead atoms. The van der Waals surface area contributed by atoms with E-state index in [1.54, 1.807) is 6.20 Å². The van der Waals surface area contributed by atoms with Gasteiger partial charge in [0, 0.05) is 43.9 Å². The van der Waals surface area contributed by atoms with Crippen LogP contribution >= 0.6 is 0 Å². The lowest BCUT2D eigenvalue weighted by Crippen LogP contribution is -2.44. The lowest BCUT2D eigenvalue weighted by Gasteiger charge is -2.33. The standard InChI is InChI=1S/C24H35N5O3/c1-28-12-14-29(15-13-28)21-11-10-20(17-25-21)23-26-24(32-27-23)19(16-22(30)31)9-5-8-18-6-3-2-4-7-18/h10-11,17-19H,2-9,12-16H2,1H3,(H,30,31)/t19-/m1/s1. The summed E-state index contributed by atoms with van der Waals surface area (Å²) in [6.07, 6.45) is 11.4. The third-order valence-electron chi connectivity index (χ3n) is 6.94. The molecule has 32 heavy (non-hydrogen) atoms. The Kier molecular flexibility index (Phi) is 7.73. The first-order chi connectivity index (χ1) is 15.6. The Bertz CT molecular complexity index is 855. The van der Waals surface area contributed by atoms with Crippen molar-refractivity contribution in [1.29, 1.82) is 0 Å². The van der Waals surface area contributed by atoms with Gasteiger partial charge in [-0.15, -0.1) is 0 Å². The molecule has 0 unspecified atom stereocenters. The van der Waals surface area contributed by atoms with E-state index in [1.807, 2.05) is 12.1 Å². The van der Waals surface area contributed by atoms with Crippen molar-refractivity contribution in [3.8, 4) is 11.4 Å². The fraction of sp³-hybridized carbons (Fsp3) is 0.667. The highest BCUT2D eigenvalue weighted by molar-refractivity contribution is 5.67. The maximum atomic E-state index is 11.4. The molecule has 1 saturated heterocycles. The van der Waals surface area contributed by atoms with E-state index in [0.717, 1.165) is 62.7 Å². The number of pyridine rings is 1. The Morgan fingerprint density at radius 1 is 1.19 bits per heavy atom. The van der Waals surface area contributed by atoms with Crippen molar-refractivity contribution in [3.63, 3.8) is 0 Å². The molecule has 2 fully saturated rings. The van der Waals surface area contributed by atoms with E-state index in [4.69, 9.17) is 4.52 Å². The van der Waals surface area contributed by atoms with E-state index in [-0.39, 0.29) is 12.3 Å². The molecule has 3 heterocycles. The molecule has 1 saturated carbocycles. The smallest absolute Gasteiger partial charge is 0.304 e. The van der Waals surface area contributed by atoms with Crippen LogP contribution in [0.2, 0.25) is 0 Å². The van der Waals surface area contributed by atoms with Crippen LogP contribution < -0.4 is 4.90 Å². The first-order valence-corrected chi connectivity index (χ1v) is 12.0. The Labute approximate surface area is 190 Å². The van der Waals surface area contributed by atoms with Gasteiger partial charge in [-0.2, -0.15) is 4.98 Å². The summed E-state index contributed by atoms with van der Waals surface area (Å²) in [4.78, 5) is 25.2. The number of rotatable bonds is 9. The molecule has 0 amide bonds. The normalized spacial score (nSPS) is 19.2. The minimum Gasteiger partial charge on any atom is -0.481 e. The van der Waals surface area contributed by atoms with E-state index < -0.39 is 5.97 Å².